The summed E-state index contributed by atoms with van der Waals surface area (Å²) in [6.07, 6.45) is -1.50. The van der Waals surface area contributed by atoms with Crippen molar-refractivity contribution in [1.82, 2.24) is 31.9 Å². The number of aliphatic hydroxyl groups excluding tert-OH is 3. The summed E-state index contributed by atoms with van der Waals surface area (Å²) in [4.78, 5) is 100. The van der Waals surface area contributed by atoms with Crippen LogP contribution in [0.4, 0.5) is 0 Å². The van der Waals surface area contributed by atoms with E-state index in [4.69, 9.17) is 27.5 Å². The molecular formula is C33H54N12O12. The van der Waals surface area contributed by atoms with Crippen LogP contribution in [0.25, 0.3) is 0 Å². The monoisotopic (exact) mass is 810 g/mol. The first-order valence-corrected chi connectivity index (χ1v) is 17.9. The first kappa shape index (κ1) is 49.3. The Morgan fingerprint density at radius 1 is 0.772 bits per heavy atom. The van der Waals surface area contributed by atoms with Crippen LogP contribution < -0.4 is 49.2 Å². The fraction of sp³-hybridized carbons (Fsp3) is 0.606. The van der Waals surface area contributed by atoms with Crippen molar-refractivity contribution in [3.05, 3.63) is 40.8 Å². The van der Waals surface area contributed by atoms with Crippen molar-refractivity contribution in [3.8, 4) is 0 Å². The zero-order valence-corrected chi connectivity index (χ0v) is 31.4. The van der Waals surface area contributed by atoms with Crippen LogP contribution in [0.5, 0.6) is 0 Å². The molecule has 0 aliphatic rings. The van der Waals surface area contributed by atoms with Crippen molar-refractivity contribution in [3.63, 3.8) is 0 Å². The van der Waals surface area contributed by atoms with E-state index in [2.05, 4.69) is 47.4 Å². The number of aliphatic hydroxyl groups is 3. The highest BCUT2D eigenvalue weighted by atomic mass is 16.4. The molecule has 0 saturated heterocycles. The predicted molar refractivity (Wildman–Crippen MR) is 200 cm³/mol. The average Bonchev–Trinajstić information content (AvgIpc) is 3.17. The van der Waals surface area contributed by atoms with Crippen LogP contribution in [0.2, 0.25) is 0 Å². The Balaban J connectivity index is 3.16. The van der Waals surface area contributed by atoms with Crippen molar-refractivity contribution < 1.29 is 54.0 Å². The molecular weight excluding hydrogens is 756 g/mol. The van der Waals surface area contributed by atoms with Crippen molar-refractivity contribution in [2.45, 2.75) is 93.8 Å². The van der Waals surface area contributed by atoms with Gasteiger partial charge in [-0.05, 0) is 38.2 Å². The number of carboxylic acid groups (broad SMARTS) is 1. The van der Waals surface area contributed by atoms with Crippen LogP contribution in [0.1, 0.15) is 44.6 Å². The summed E-state index contributed by atoms with van der Waals surface area (Å²) in [5.74, 6) is -1.92. The molecule has 57 heavy (non-hydrogen) atoms. The number of nitrogens with two attached hydrogens (primary N) is 3. The third kappa shape index (κ3) is 19.1. The Bertz CT molecular complexity index is 1500. The highest BCUT2D eigenvalue weighted by Gasteiger charge is 2.33. The molecule has 0 heterocycles. The standard InChI is InChI=1S/C33H54N12O12/c1-18(48)27(37-14-20(10-11-26(49)50)40-29(52)21(34)16-46)33(56)44-25(17-47)32(55)41-22(9-5-6-12-38-45-36)30(53)43-24(15-39-57)31(54)42-23(28(35)51)13-19-7-3-2-4-8-19/h2-4,7-8,18,20-25,27,37,46-48H,5-6,9-17,34H2,1H3,(H2,35,51)(H2,36,38)(H,40,52)(H,41,55)(H,42,54)(H,43,53)(H,44,56)(H,49,50)/t18?,20-,21-,22-,23-,24-,25-,27-/m0/s1. The quantitative estimate of drug-likeness (QED) is 0.0118. The van der Waals surface area contributed by atoms with Gasteiger partial charge in [0.25, 0.3) is 0 Å². The second-order valence-corrected chi connectivity index (χ2v) is 12.9. The van der Waals surface area contributed by atoms with Gasteiger partial charge in [-0.2, -0.15) is 10.0 Å². The van der Waals surface area contributed by atoms with Gasteiger partial charge in [-0.25, -0.2) is 0 Å². The summed E-state index contributed by atoms with van der Waals surface area (Å²) >= 11 is 0. The molecule has 24 heteroatoms. The molecule has 1 aromatic rings. The molecule has 0 spiro atoms. The number of aliphatic carboxylic acids is 1. The first-order chi connectivity index (χ1) is 27.1. The van der Waals surface area contributed by atoms with Gasteiger partial charge in [0.1, 0.15) is 42.8 Å². The Hall–Kier alpha value is -5.69. The maximum absolute atomic E-state index is 13.5. The van der Waals surface area contributed by atoms with Gasteiger partial charge in [-0.15, -0.1) is 0 Å². The molecule has 1 aromatic carbocycles. The van der Waals surface area contributed by atoms with E-state index >= 15 is 0 Å². The highest BCUT2D eigenvalue weighted by molar-refractivity contribution is 5.96. The third-order valence-electron chi connectivity index (χ3n) is 8.30. The van der Waals surface area contributed by atoms with E-state index in [1.807, 2.05) is 0 Å². The predicted octanol–water partition coefficient (Wildman–Crippen LogP) is -5.08. The van der Waals surface area contributed by atoms with E-state index in [1.54, 1.807) is 30.3 Å². The Labute approximate surface area is 327 Å². The van der Waals surface area contributed by atoms with E-state index in [-0.39, 0.29) is 38.8 Å². The Morgan fingerprint density at radius 2 is 1.37 bits per heavy atom. The molecule has 0 radical (unpaired) electrons. The van der Waals surface area contributed by atoms with E-state index < -0.39 is 116 Å². The largest absolute Gasteiger partial charge is 0.481 e. The van der Waals surface area contributed by atoms with E-state index in [1.165, 1.54) is 6.92 Å². The lowest BCUT2D eigenvalue weighted by Crippen LogP contribution is -2.61. The number of nitrogens with one attached hydrogen (secondary N) is 6. The van der Waals surface area contributed by atoms with Crippen LogP contribution >= 0.6 is 0 Å². The van der Waals surface area contributed by atoms with Crippen LogP contribution in [-0.2, 0) is 40.0 Å². The number of carboxylic acids is 1. The second kappa shape index (κ2) is 27.0. The number of hydrogen-bond donors (Lipinski definition) is 13. The number of benzene rings is 1. The normalized spacial score (nSPS) is 15.4. The minimum absolute atomic E-state index is 0.00315. The number of unbranched alkanes of at least 4 members (excludes halogenated alkanes) is 1. The summed E-state index contributed by atoms with van der Waals surface area (Å²) < 4.78 is 0. The van der Waals surface area contributed by atoms with Gasteiger partial charge in [-0.3, -0.25) is 33.6 Å². The van der Waals surface area contributed by atoms with Gasteiger partial charge in [0, 0.05) is 25.4 Å². The number of hydrogen-bond acceptors (Lipinski definition) is 16. The number of nitrogens with zero attached hydrogens (tertiary/aromatic N) is 3. The average molecular weight is 811 g/mol. The molecule has 24 nitrogen and oxygen atoms in total. The summed E-state index contributed by atoms with van der Waals surface area (Å²) in [6.45, 7) is -1.37. The van der Waals surface area contributed by atoms with Gasteiger partial charge in [0.2, 0.25) is 35.4 Å². The van der Waals surface area contributed by atoms with Crippen LogP contribution in [-0.4, -0.2) is 143 Å². The summed E-state index contributed by atoms with van der Waals surface area (Å²) in [6, 6.07) is -1.19. The number of nitroso groups, excluding NO2 is 1. The summed E-state index contributed by atoms with van der Waals surface area (Å²) in [7, 11) is 0. The zero-order chi connectivity index (χ0) is 42.9. The molecule has 16 N–H and O–H groups in total. The van der Waals surface area contributed by atoms with Gasteiger partial charge in [-0.1, -0.05) is 40.7 Å². The second-order valence-electron chi connectivity index (χ2n) is 12.9. The van der Waals surface area contributed by atoms with Gasteiger partial charge in [0.15, 0.2) is 0 Å². The number of primary amides is 1. The molecule has 0 fully saturated rings. The minimum atomic E-state index is -1.71. The summed E-state index contributed by atoms with van der Waals surface area (Å²) in [5, 5.41) is 62.7. The van der Waals surface area contributed by atoms with Gasteiger partial charge >= 0.3 is 5.97 Å². The molecule has 0 aromatic heterocycles. The van der Waals surface area contributed by atoms with Gasteiger partial charge < -0.3 is 69.6 Å². The van der Waals surface area contributed by atoms with Crippen LogP contribution in [0, 0.1) is 4.91 Å². The molecule has 0 aliphatic carbocycles. The van der Waals surface area contributed by atoms with Crippen molar-refractivity contribution in [2.75, 3.05) is 32.8 Å². The van der Waals surface area contributed by atoms with E-state index in [0.29, 0.717) is 12.0 Å². The smallest absolute Gasteiger partial charge is 0.303 e. The first-order valence-electron chi connectivity index (χ1n) is 17.9. The lowest BCUT2D eigenvalue weighted by Gasteiger charge is -2.28. The lowest BCUT2D eigenvalue weighted by molar-refractivity contribution is -0.137. The van der Waals surface area contributed by atoms with Gasteiger partial charge in [0.05, 0.1) is 25.9 Å². The molecule has 0 aliphatic heterocycles. The number of carbonyl (C=O) groups is 7. The SMILES string of the molecule is CC(O)[C@H](NC[C@H](CCC(=O)O)NC(=O)[C@@H](N)CO)C(=O)N[C@@H](CO)C(=O)N[C@@H](CCCCN=NN)C(=O)N[C@@H](CN=O)C(=O)N[C@@H](Cc1ccccc1)C(N)=O. The highest BCUT2D eigenvalue weighted by Crippen LogP contribution is 2.07. The van der Waals surface area contributed by atoms with Crippen LogP contribution in [0.3, 0.4) is 0 Å². The topological polar surface area (TPSA) is 405 Å². The minimum Gasteiger partial charge on any atom is -0.481 e. The molecule has 318 valence electrons. The third-order valence-corrected chi connectivity index (χ3v) is 8.30. The van der Waals surface area contributed by atoms with Crippen molar-refractivity contribution in [1.29, 1.82) is 0 Å². The molecule has 0 bridgehead atoms. The Kier molecular flexibility index (Phi) is 23.4. The van der Waals surface area contributed by atoms with E-state index in [0.717, 1.165) is 0 Å². The maximum Gasteiger partial charge on any atom is 0.303 e. The van der Waals surface area contributed by atoms with Crippen molar-refractivity contribution in [2.24, 2.45) is 32.8 Å². The van der Waals surface area contributed by atoms with E-state index in [9.17, 15) is 48.7 Å². The number of rotatable bonds is 29. The summed E-state index contributed by atoms with van der Waals surface area (Å²) in [5.41, 5.74) is 11.7. The number of amides is 6. The lowest BCUT2D eigenvalue weighted by atomic mass is 10.0. The molecule has 8 atom stereocenters. The van der Waals surface area contributed by atoms with Crippen LogP contribution in [0.15, 0.2) is 45.8 Å². The zero-order valence-electron chi connectivity index (χ0n) is 31.4. The molecule has 6 amide bonds. The number of carbonyl (C=O) groups excluding carboxylic acids is 6. The van der Waals surface area contributed by atoms with Crippen molar-refractivity contribution >= 4 is 41.4 Å². The molecule has 0 saturated carbocycles. The maximum atomic E-state index is 13.5. The molecule has 1 rings (SSSR count). The Morgan fingerprint density at radius 3 is 1.93 bits per heavy atom. The fourth-order valence-electron chi connectivity index (χ4n) is 5.14. The molecule has 1 unspecified atom stereocenters. The fourth-order valence-corrected chi connectivity index (χ4v) is 5.14.